The van der Waals surface area contributed by atoms with E-state index in [-0.39, 0.29) is 19.4 Å². The number of carbonyl (C=O) groups excluding carboxylic acids is 4. The van der Waals surface area contributed by atoms with Gasteiger partial charge in [-0.15, -0.1) is 5.92 Å². The van der Waals surface area contributed by atoms with Crippen molar-refractivity contribution in [1.29, 1.82) is 0 Å². The van der Waals surface area contributed by atoms with Gasteiger partial charge in [-0.1, -0.05) is 75.7 Å². The predicted octanol–water partition coefficient (Wildman–Crippen LogP) is 5.43. The molecule has 0 unspecified atom stereocenters. The quantitative estimate of drug-likeness (QED) is 0.0556. The fraction of sp³-hybridized carbons (Fsp3) is 0.622. The SMILES string of the molecule is CC#CCOc1ccc(C[C@H](NC(=O)[C@@H](/C=C/CCCCCCC(=O)CCCCCCC)[C@@](O)(CCO)C(C)=O)C(=O)OC)cc1. The molecule has 1 amide bonds. The van der Waals surface area contributed by atoms with E-state index >= 15 is 0 Å². The van der Waals surface area contributed by atoms with Crippen LogP contribution in [0.15, 0.2) is 36.4 Å². The van der Waals surface area contributed by atoms with Crippen LogP contribution in [0.4, 0.5) is 0 Å². The highest BCUT2D eigenvalue weighted by atomic mass is 16.5. The molecule has 0 aromatic heterocycles. The number of carbonyl (C=O) groups is 4. The Hall–Kier alpha value is -3.48. The van der Waals surface area contributed by atoms with Crippen molar-refractivity contribution in [3.8, 4) is 17.6 Å². The Labute approximate surface area is 275 Å². The lowest BCUT2D eigenvalue weighted by molar-refractivity contribution is -0.151. The first-order valence-electron chi connectivity index (χ1n) is 16.6. The molecule has 0 aliphatic heterocycles. The van der Waals surface area contributed by atoms with Gasteiger partial charge in [0.25, 0.3) is 0 Å². The third-order valence-corrected chi connectivity index (χ3v) is 8.02. The van der Waals surface area contributed by atoms with Crippen molar-refractivity contribution in [2.75, 3.05) is 20.3 Å². The van der Waals surface area contributed by atoms with Crippen molar-refractivity contribution in [2.45, 2.75) is 122 Å². The fourth-order valence-electron chi connectivity index (χ4n) is 5.15. The number of esters is 1. The minimum absolute atomic E-state index is 0.101. The number of nitrogens with one attached hydrogen (secondary N) is 1. The van der Waals surface area contributed by atoms with Crippen LogP contribution < -0.4 is 10.1 Å². The molecule has 3 atom stereocenters. The third-order valence-electron chi connectivity index (χ3n) is 8.02. The summed E-state index contributed by atoms with van der Waals surface area (Å²) in [4.78, 5) is 50.9. The summed E-state index contributed by atoms with van der Waals surface area (Å²) < 4.78 is 10.4. The summed E-state index contributed by atoms with van der Waals surface area (Å²) in [5.74, 6) is 3.07. The highest BCUT2D eigenvalue weighted by molar-refractivity contribution is 5.95. The lowest BCUT2D eigenvalue weighted by Gasteiger charge is -2.32. The molecule has 0 bridgehead atoms. The van der Waals surface area contributed by atoms with E-state index in [4.69, 9.17) is 9.47 Å². The summed E-state index contributed by atoms with van der Waals surface area (Å²) in [5, 5.41) is 23.5. The minimum atomic E-state index is -2.16. The van der Waals surface area contributed by atoms with E-state index in [0.717, 1.165) is 44.1 Å². The number of benzene rings is 1. The Morgan fingerprint density at radius 3 is 2.17 bits per heavy atom. The number of aliphatic hydroxyl groups excluding tert-OH is 1. The van der Waals surface area contributed by atoms with Crippen LogP contribution in [0, 0.1) is 17.8 Å². The molecule has 0 heterocycles. The van der Waals surface area contributed by atoms with Gasteiger partial charge < -0.3 is 25.0 Å². The highest BCUT2D eigenvalue weighted by Gasteiger charge is 2.44. The third kappa shape index (κ3) is 15.7. The Bertz CT molecular complexity index is 1150. The molecule has 0 radical (unpaired) electrons. The van der Waals surface area contributed by atoms with E-state index in [9.17, 15) is 29.4 Å². The first-order valence-corrected chi connectivity index (χ1v) is 16.6. The maximum absolute atomic E-state index is 13.6. The van der Waals surface area contributed by atoms with Crippen LogP contribution in [0.5, 0.6) is 5.75 Å². The van der Waals surface area contributed by atoms with Crippen LogP contribution in [0.25, 0.3) is 0 Å². The molecule has 0 fully saturated rings. The number of methoxy groups -OCH3 is 1. The Morgan fingerprint density at radius 1 is 0.978 bits per heavy atom. The van der Waals surface area contributed by atoms with Gasteiger partial charge in [0.2, 0.25) is 5.91 Å². The van der Waals surface area contributed by atoms with Crippen molar-refractivity contribution in [2.24, 2.45) is 5.92 Å². The number of Topliss-reactive ketones (excluding diaryl/α,β-unsaturated/α-hetero) is 2. The van der Waals surface area contributed by atoms with Crippen molar-refractivity contribution < 1.29 is 38.9 Å². The number of ether oxygens (including phenoxy) is 2. The maximum Gasteiger partial charge on any atom is 0.328 e. The summed E-state index contributed by atoms with van der Waals surface area (Å²) in [5.41, 5.74) is -1.43. The van der Waals surface area contributed by atoms with Crippen molar-refractivity contribution in [3.05, 3.63) is 42.0 Å². The van der Waals surface area contributed by atoms with Gasteiger partial charge in [-0.3, -0.25) is 14.4 Å². The summed E-state index contributed by atoms with van der Waals surface area (Å²) in [6.07, 6.45) is 14.0. The lowest BCUT2D eigenvalue weighted by Crippen LogP contribution is -2.54. The van der Waals surface area contributed by atoms with Crippen LogP contribution in [0.1, 0.15) is 110 Å². The number of allylic oxidation sites excluding steroid dienone is 1. The van der Waals surface area contributed by atoms with E-state index < -0.39 is 41.8 Å². The van der Waals surface area contributed by atoms with Gasteiger partial charge in [0.15, 0.2) is 5.78 Å². The number of hydrogen-bond acceptors (Lipinski definition) is 8. The Kier molecular flexibility index (Phi) is 21.0. The van der Waals surface area contributed by atoms with Gasteiger partial charge in [0, 0.05) is 32.3 Å². The van der Waals surface area contributed by atoms with Crippen LogP contribution >= 0.6 is 0 Å². The first-order chi connectivity index (χ1) is 22.1. The average molecular weight is 642 g/mol. The normalized spacial score (nSPS) is 13.6. The molecule has 46 heavy (non-hydrogen) atoms. The molecule has 9 nitrogen and oxygen atoms in total. The summed E-state index contributed by atoms with van der Waals surface area (Å²) >= 11 is 0. The maximum atomic E-state index is 13.6. The molecule has 0 saturated carbocycles. The van der Waals surface area contributed by atoms with E-state index in [1.165, 1.54) is 39.4 Å². The van der Waals surface area contributed by atoms with Gasteiger partial charge in [0.05, 0.1) is 13.0 Å². The topological polar surface area (TPSA) is 139 Å². The van der Waals surface area contributed by atoms with Crippen LogP contribution in [-0.2, 0) is 30.3 Å². The second-order valence-electron chi connectivity index (χ2n) is 11.7. The second-order valence-corrected chi connectivity index (χ2v) is 11.7. The van der Waals surface area contributed by atoms with E-state index in [1.54, 1.807) is 37.3 Å². The van der Waals surface area contributed by atoms with Gasteiger partial charge in [-0.2, -0.15) is 0 Å². The molecule has 9 heteroatoms. The van der Waals surface area contributed by atoms with Gasteiger partial charge in [-0.05, 0) is 57.2 Å². The standard InChI is InChI=1S/C37H55NO8/c1-5-7-9-12-15-18-31(41)19-16-13-10-11-14-17-20-33(37(44,25-26-39)29(3)40)35(42)38-34(36(43)45-4)28-30-21-23-32(24-22-30)46-27-8-6-2/h17,20-24,33-34,39,44H,5,7,9-16,18-19,25-28H2,1-4H3,(H,38,42)/b20-17+/t33-,34+,37-/m1/s1. The molecule has 1 aromatic carbocycles. The number of amides is 1. The molecule has 0 aliphatic rings. The Morgan fingerprint density at radius 2 is 1.61 bits per heavy atom. The smallest absolute Gasteiger partial charge is 0.328 e. The predicted molar refractivity (Wildman–Crippen MR) is 179 cm³/mol. The number of hydrogen-bond donors (Lipinski definition) is 3. The molecule has 0 spiro atoms. The Balaban J connectivity index is 2.82. The zero-order chi connectivity index (χ0) is 34.2. The molecular formula is C37H55NO8. The average Bonchev–Trinajstić information content (AvgIpc) is 3.04. The zero-order valence-electron chi connectivity index (χ0n) is 28.3. The number of aliphatic hydroxyl groups is 2. The molecular weight excluding hydrogens is 586 g/mol. The minimum Gasteiger partial charge on any atom is -0.481 e. The van der Waals surface area contributed by atoms with E-state index in [1.807, 2.05) is 0 Å². The summed E-state index contributed by atoms with van der Waals surface area (Å²) in [6.45, 7) is 4.80. The van der Waals surface area contributed by atoms with Crippen molar-refractivity contribution in [1.82, 2.24) is 5.32 Å². The second kappa shape index (κ2) is 23.8. The zero-order valence-corrected chi connectivity index (χ0v) is 28.3. The number of ketones is 2. The molecule has 256 valence electrons. The molecule has 3 N–H and O–H groups in total. The van der Waals surface area contributed by atoms with Crippen molar-refractivity contribution >= 4 is 23.4 Å². The molecule has 1 rings (SSSR count). The molecule has 1 aromatic rings. The van der Waals surface area contributed by atoms with E-state index in [0.29, 0.717) is 30.8 Å². The number of rotatable bonds is 25. The highest BCUT2D eigenvalue weighted by Crippen LogP contribution is 2.26. The fourth-order valence-corrected chi connectivity index (χ4v) is 5.15. The largest absolute Gasteiger partial charge is 0.481 e. The van der Waals surface area contributed by atoms with E-state index in [2.05, 4.69) is 24.1 Å². The molecule has 0 saturated heterocycles. The lowest BCUT2D eigenvalue weighted by atomic mass is 9.80. The van der Waals surface area contributed by atoms with Gasteiger partial charge in [0.1, 0.15) is 29.8 Å². The van der Waals surface area contributed by atoms with Gasteiger partial charge >= 0.3 is 5.97 Å². The molecule has 0 aliphatic carbocycles. The monoisotopic (exact) mass is 641 g/mol. The summed E-state index contributed by atoms with van der Waals surface area (Å²) in [7, 11) is 1.22. The van der Waals surface area contributed by atoms with Crippen LogP contribution in [-0.4, -0.2) is 65.6 Å². The van der Waals surface area contributed by atoms with Crippen LogP contribution in [0.2, 0.25) is 0 Å². The van der Waals surface area contributed by atoms with Crippen molar-refractivity contribution in [3.63, 3.8) is 0 Å². The summed E-state index contributed by atoms with van der Waals surface area (Å²) in [6, 6.07) is 5.90. The number of unbranched alkanes of at least 4 members (excludes halogenated alkanes) is 8. The first kappa shape index (κ1) is 40.5. The van der Waals surface area contributed by atoms with Crippen LogP contribution in [0.3, 0.4) is 0 Å². The van der Waals surface area contributed by atoms with Gasteiger partial charge in [-0.25, -0.2) is 4.79 Å².